The number of rotatable bonds is 5. The molecule has 0 aromatic heterocycles. The number of aliphatic hydroxyl groups excluding tert-OH is 1. The van der Waals surface area contributed by atoms with E-state index in [4.69, 9.17) is 5.11 Å². The van der Waals surface area contributed by atoms with Gasteiger partial charge in [0, 0.05) is 6.61 Å². The first-order valence-electron chi connectivity index (χ1n) is 4.41. The minimum Gasteiger partial charge on any atom is -0.396 e. The molecule has 0 bridgehead atoms. The quantitative estimate of drug-likeness (QED) is 0.640. The Hall–Kier alpha value is -0.0800. The third-order valence-corrected chi connectivity index (χ3v) is 2.57. The summed E-state index contributed by atoms with van der Waals surface area (Å²) in [4.78, 5) is 0. The number of hydrogen-bond donors (Lipinski definition) is 2. The molecule has 0 fully saturated rings. The largest absolute Gasteiger partial charge is 0.396 e. The Morgan fingerprint density at radius 2 is 1.91 bits per heavy atom. The molecule has 2 atom stereocenters. The molecule has 0 aliphatic carbocycles. The maximum absolute atomic E-state index is 9.80. The van der Waals surface area contributed by atoms with Gasteiger partial charge >= 0.3 is 0 Å². The molecule has 68 valence electrons. The highest BCUT2D eigenvalue weighted by atomic mass is 16.3. The summed E-state index contributed by atoms with van der Waals surface area (Å²) in [5, 5.41) is 18.5. The van der Waals surface area contributed by atoms with E-state index in [1.54, 1.807) is 0 Å². The summed E-state index contributed by atoms with van der Waals surface area (Å²) in [6.07, 6.45) is 2.39. The molecule has 0 aliphatic rings. The second-order valence-corrected chi connectivity index (χ2v) is 3.33. The van der Waals surface area contributed by atoms with E-state index in [-0.39, 0.29) is 12.5 Å². The van der Waals surface area contributed by atoms with E-state index in [0.717, 1.165) is 12.8 Å². The minimum atomic E-state index is -0.600. The van der Waals surface area contributed by atoms with E-state index >= 15 is 0 Å². The van der Waals surface area contributed by atoms with Crippen molar-refractivity contribution in [1.29, 1.82) is 0 Å². The van der Waals surface area contributed by atoms with Gasteiger partial charge in [-0.15, -0.1) is 0 Å². The van der Waals surface area contributed by atoms with Crippen LogP contribution in [0.2, 0.25) is 0 Å². The van der Waals surface area contributed by atoms with Gasteiger partial charge in [-0.3, -0.25) is 0 Å². The summed E-state index contributed by atoms with van der Waals surface area (Å²) in [6.45, 7) is 6.04. The maximum atomic E-state index is 9.80. The second kappa shape index (κ2) is 4.73. The van der Waals surface area contributed by atoms with Crippen molar-refractivity contribution < 1.29 is 10.2 Å². The Bertz CT molecular complexity index is 99.7. The van der Waals surface area contributed by atoms with Crippen molar-refractivity contribution in [3.05, 3.63) is 0 Å². The number of hydrogen-bond acceptors (Lipinski definition) is 2. The molecule has 0 aromatic carbocycles. The molecule has 0 spiro atoms. The van der Waals surface area contributed by atoms with E-state index in [1.165, 1.54) is 0 Å². The predicted octanol–water partition coefficient (Wildman–Crippen LogP) is 1.56. The van der Waals surface area contributed by atoms with E-state index < -0.39 is 5.60 Å². The lowest BCUT2D eigenvalue weighted by Crippen LogP contribution is -2.33. The average Bonchev–Trinajstić information content (AvgIpc) is 2.00. The molecule has 2 unspecified atom stereocenters. The summed E-state index contributed by atoms with van der Waals surface area (Å²) >= 11 is 0. The third-order valence-electron chi connectivity index (χ3n) is 2.57. The van der Waals surface area contributed by atoms with Crippen LogP contribution in [-0.4, -0.2) is 22.4 Å². The van der Waals surface area contributed by atoms with Crippen molar-refractivity contribution >= 4 is 0 Å². The Morgan fingerprint density at radius 1 is 1.36 bits per heavy atom. The van der Waals surface area contributed by atoms with Gasteiger partial charge in [0.15, 0.2) is 0 Å². The molecule has 0 saturated carbocycles. The van der Waals surface area contributed by atoms with Crippen molar-refractivity contribution in [2.24, 2.45) is 5.92 Å². The SMILES string of the molecule is CCC(CCO)C(C)(O)CC. The normalized spacial score (nSPS) is 19.4. The van der Waals surface area contributed by atoms with Crippen molar-refractivity contribution in [3.63, 3.8) is 0 Å². The molecule has 0 aromatic rings. The summed E-state index contributed by atoms with van der Waals surface area (Å²) in [6, 6.07) is 0. The van der Waals surface area contributed by atoms with Crippen LogP contribution >= 0.6 is 0 Å². The van der Waals surface area contributed by atoms with Crippen LogP contribution in [0.25, 0.3) is 0 Å². The van der Waals surface area contributed by atoms with Crippen molar-refractivity contribution in [2.45, 2.75) is 45.6 Å². The van der Waals surface area contributed by atoms with Crippen LogP contribution in [0.3, 0.4) is 0 Å². The summed E-state index contributed by atoms with van der Waals surface area (Å²) < 4.78 is 0. The van der Waals surface area contributed by atoms with Gasteiger partial charge in [-0.25, -0.2) is 0 Å². The fraction of sp³-hybridized carbons (Fsp3) is 1.00. The fourth-order valence-electron chi connectivity index (χ4n) is 1.40. The Labute approximate surface area is 69.2 Å². The van der Waals surface area contributed by atoms with E-state index in [9.17, 15) is 5.11 Å². The maximum Gasteiger partial charge on any atom is 0.0645 e. The van der Waals surface area contributed by atoms with Gasteiger partial charge in [0.1, 0.15) is 0 Å². The van der Waals surface area contributed by atoms with Crippen molar-refractivity contribution in [3.8, 4) is 0 Å². The lowest BCUT2D eigenvalue weighted by molar-refractivity contribution is -0.0156. The van der Waals surface area contributed by atoms with Gasteiger partial charge in [-0.1, -0.05) is 20.3 Å². The first-order chi connectivity index (χ1) is 5.08. The van der Waals surface area contributed by atoms with Gasteiger partial charge in [0.25, 0.3) is 0 Å². The minimum absolute atomic E-state index is 0.175. The van der Waals surface area contributed by atoms with E-state index in [0.29, 0.717) is 6.42 Å². The van der Waals surface area contributed by atoms with Crippen LogP contribution < -0.4 is 0 Å². The first kappa shape index (κ1) is 10.9. The molecule has 0 aliphatic heterocycles. The molecular formula is C9H20O2. The molecule has 2 N–H and O–H groups in total. The fourth-order valence-corrected chi connectivity index (χ4v) is 1.40. The van der Waals surface area contributed by atoms with Gasteiger partial charge in [-0.2, -0.15) is 0 Å². The monoisotopic (exact) mass is 160 g/mol. The summed E-state index contributed by atoms with van der Waals surface area (Å²) in [7, 11) is 0. The zero-order valence-electron chi connectivity index (χ0n) is 7.80. The van der Waals surface area contributed by atoms with Crippen molar-refractivity contribution in [2.75, 3.05) is 6.61 Å². The van der Waals surface area contributed by atoms with Gasteiger partial charge < -0.3 is 10.2 Å². The second-order valence-electron chi connectivity index (χ2n) is 3.33. The van der Waals surface area contributed by atoms with Crippen LogP contribution in [0.5, 0.6) is 0 Å². The molecule has 0 saturated heterocycles. The Balaban J connectivity index is 3.99. The summed E-state index contributed by atoms with van der Waals surface area (Å²) in [5.74, 6) is 0.234. The highest BCUT2D eigenvalue weighted by Crippen LogP contribution is 2.26. The smallest absolute Gasteiger partial charge is 0.0645 e. The first-order valence-corrected chi connectivity index (χ1v) is 4.41. The van der Waals surface area contributed by atoms with Gasteiger partial charge in [-0.05, 0) is 25.7 Å². The van der Waals surface area contributed by atoms with E-state index in [1.807, 2.05) is 20.8 Å². The zero-order valence-corrected chi connectivity index (χ0v) is 7.80. The molecular weight excluding hydrogens is 140 g/mol. The average molecular weight is 160 g/mol. The Kier molecular flexibility index (Phi) is 4.69. The standard InChI is InChI=1S/C9H20O2/c1-4-8(6-7-10)9(3,11)5-2/h8,10-11H,4-7H2,1-3H3. The molecule has 0 heterocycles. The Morgan fingerprint density at radius 3 is 2.18 bits per heavy atom. The lowest BCUT2D eigenvalue weighted by atomic mass is 9.83. The zero-order chi connectivity index (χ0) is 8.91. The molecule has 0 radical (unpaired) electrons. The van der Waals surface area contributed by atoms with Crippen LogP contribution in [-0.2, 0) is 0 Å². The van der Waals surface area contributed by atoms with Gasteiger partial charge in [0.05, 0.1) is 5.60 Å². The van der Waals surface area contributed by atoms with Crippen LogP contribution in [0.15, 0.2) is 0 Å². The highest BCUT2D eigenvalue weighted by Gasteiger charge is 2.27. The van der Waals surface area contributed by atoms with Crippen LogP contribution in [0.1, 0.15) is 40.0 Å². The summed E-state index contributed by atoms with van der Waals surface area (Å²) in [5.41, 5.74) is -0.600. The molecule has 11 heavy (non-hydrogen) atoms. The predicted molar refractivity (Wildman–Crippen MR) is 46.4 cm³/mol. The molecule has 2 heteroatoms. The molecule has 2 nitrogen and oxygen atoms in total. The van der Waals surface area contributed by atoms with Crippen LogP contribution in [0, 0.1) is 5.92 Å². The molecule has 0 rings (SSSR count). The number of aliphatic hydroxyl groups is 2. The topological polar surface area (TPSA) is 40.5 Å². The van der Waals surface area contributed by atoms with Crippen LogP contribution in [0.4, 0.5) is 0 Å². The van der Waals surface area contributed by atoms with Crippen molar-refractivity contribution in [1.82, 2.24) is 0 Å². The third kappa shape index (κ3) is 3.21. The lowest BCUT2D eigenvalue weighted by Gasteiger charge is -2.30. The van der Waals surface area contributed by atoms with Gasteiger partial charge in [0.2, 0.25) is 0 Å². The molecule has 0 amide bonds. The van der Waals surface area contributed by atoms with E-state index in [2.05, 4.69) is 0 Å². The highest BCUT2D eigenvalue weighted by molar-refractivity contribution is 4.79.